The fourth-order valence-corrected chi connectivity index (χ4v) is 5.10. The van der Waals surface area contributed by atoms with Gasteiger partial charge in [0.1, 0.15) is 11.8 Å². The van der Waals surface area contributed by atoms with Gasteiger partial charge in [0.2, 0.25) is 5.91 Å². The quantitative estimate of drug-likeness (QED) is 0.643. The molecule has 198 valence electrons. The molecule has 0 radical (unpaired) electrons. The lowest BCUT2D eigenvalue weighted by atomic mass is 9.95. The molecule has 0 saturated carbocycles. The normalized spacial score (nSPS) is 18.7. The minimum Gasteiger partial charge on any atom is -0.493 e. The SMILES string of the molecule is COc1ccc(C(=O)N2CCC3(CC2)OC[C@H](C(=O)NC(C)C)N3C(=O)c2ccccc2C)cc1OC. The summed E-state index contributed by atoms with van der Waals surface area (Å²) in [5, 5.41) is 2.93. The lowest BCUT2D eigenvalue weighted by Gasteiger charge is -2.44. The summed E-state index contributed by atoms with van der Waals surface area (Å²) < 4.78 is 16.9. The minimum atomic E-state index is -0.966. The summed E-state index contributed by atoms with van der Waals surface area (Å²) in [4.78, 5) is 43.6. The largest absolute Gasteiger partial charge is 0.493 e. The van der Waals surface area contributed by atoms with Crippen LogP contribution >= 0.6 is 0 Å². The Morgan fingerprint density at radius 3 is 2.30 bits per heavy atom. The molecule has 2 aliphatic rings. The molecule has 2 aliphatic heterocycles. The second kappa shape index (κ2) is 10.8. The van der Waals surface area contributed by atoms with Gasteiger partial charge in [-0.1, -0.05) is 18.2 Å². The van der Waals surface area contributed by atoms with E-state index < -0.39 is 11.8 Å². The molecule has 0 aromatic heterocycles. The maximum absolute atomic E-state index is 13.9. The molecule has 2 aromatic carbocycles. The molecule has 0 unspecified atom stereocenters. The molecule has 4 rings (SSSR count). The third-order valence-corrected chi connectivity index (χ3v) is 7.05. The Kier molecular flexibility index (Phi) is 7.73. The van der Waals surface area contributed by atoms with Crippen molar-refractivity contribution in [1.29, 1.82) is 0 Å². The van der Waals surface area contributed by atoms with Crippen molar-refractivity contribution in [3.05, 3.63) is 59.2 Å². The standard InChI is InChI=1S/C28H35N3O6/c1-18(2)29-25(32)22-17-37-28(31(22)27(34)21-9-7-6-8-19(21)3)12-14-30(15-13-28)26(33)20-10-11-23(35-4)24(16-20)36-5/h6-11,16,18,22H,12-15,17H2,1-5H3,(H,29,32)/t22-/m1/s1. The monoisotopic (exact) mass is 509 g/mol. The summed E-state index contributed by atoms with van der Waals surface area (Å²) >= 11 is 0. The second-order valence-corrected chi connectivity index (χ2v) is 9.79. The van der Waals surface area contributed by atoms with Crippen LogP contribution < -0.4 is 14.8 Å². The Morgan fingerprint density at radius 1 is 1.00 bits per heavy atom. The number of aryl methyl sites for hydroxylation is 1. The number of carbonyl (C=O) groups excluding carboxylic acids is 3. The maximum Gasteiger partial charge on any atom is 0.257 e. The smallest absolute Gasteiger partial charge is 0.257 e. The van der Waals surface area contributed by atoms with E-state index in [4.69, 9.17) is 14.2 Å². The highest BCUT2D eigenvalue weighted by Gasteiger charge is 2.54. The summed E-state index contributed by atoms with van der Waals surface area (Å²) in [6.45, 7) is 6.52. The molecule has 0 bridgehead atoms. The zero-order chi connectivity index (χ0) is 26.7. The number of likely N-dealkylation sites (tertiary alicyclic amines) is 1. The molecule has 9 nitrogen and oxygen atoms in total. The van der Waals surface area contributed by atoms with Crippen molar-refractivity contribution in [2.45, 2.75) is 51.4 Å². The van der Waals surface area contributed by atoms with Crippen LogP contribution in [-0.4, -0.2) is 79.2 Å². The van der Waals surface area contributed by atoms with E-state index in [1.165, 1.54) is 7.11 Å². The molecule has 1 spiro atoms. The number of hydrogen-bond donors (Lipinski definition) is 1. The van der Waals surface area contributed by atoms with Gasteiger partial charge in [0, 0.05) is 43.1 Å². The van der Waals surface area contributed by atoms with Crippen molar-refractivity contribution in [1.82, 2.24) is 15.1 Å². The lowest BCUT2D eigenvalue weighted by molar-refractivity contribution is -0.128. The van der Waals surface area contributed by atoms with E-state index in [2.05, 4.69) is 5.32 Å². The Labute approximate surface area is 217 Å². The first kappa shape index (κ1) is 26.5. The highest BCUT2D eigenvalue weighted by Crippen LogP contribution is 2.39. The van der Waals surface area contributed by atoms with Crippen LogP contribution in [0.2, 0.25) is 0 Å². The molecule has 0 aliphatic carbocycles. The third kappa shape index (κ3) is 5.13. The van der Waals surface area contributed by atoms with E-state index in [1.54, 1.807) is 41.2 Å². The fourth-order valence-electron chi connectivity index (χ4n) is 5.10. The molecule has 37 heavy (non-hydrogen) atoms. The van der Waals surface area contributed by atoms with Crippen LogP contribution in [0.4, 0.5) is 0 Å². The molecule has 2 heterocycles. The van der Waals surface area contributed by atoms with Gasteiger partial charge in [-0.05, 0) is 50.6 Å². The van der Waals surface area contributed by atoms with Crippen molar-refractivity contribution < 1.29 is 28.6 Å². The average Bonchev–Trinajstić information content (AvgIpc) is 3.26. The average molecular weight is 510 g/mol. The van der Waals surface area contributed by atoms with Gasteiger partial charge >= 0.3 is 0 Å². The predicted molar refractivity (Wildman–Crippen MR) is 138 cm³/mol. The van der Waals surface area contributed by atoms with E-state index in [0.29, 0.717) is 48.6 Å². The predicted octanol–water partition coefficient (Wildman–Crippen LogP) is 3.01. The lowest BCUT2D eigenvalue weighted by Crippen LogP contribution is -2.60. The van der Waals surface area contributed by atoms with Crippen molar-refractivity contribution in [2.24, 2.45) is 0 Å². The van der Waals surface area contributed by atoms with E-state index in [9.17, 15) is 14.4 Å². The Hall–Kier alpha value is -3.59. The number of amides is 3. The zero-order valence-corrected chi connectivity index (χ0v) is 22.1. The Balaban J connectivity index is 1.58. The summed E-state index contributed by atoms with van der Waals surface area (Å²) in [5.74, 6) is 0.415. The fraction of sp³-hybridized carbons (Fsp3) is 0.464. The zero-order valence-electron chi connectivity index (χ0n) is 22.1. The van der Waals surface area contributed by atoms with Crippen molar-refractivity contribution >= 4 is 17.7 Å². The van der Waals surface area contributed by atoms with Crippen LogP contribution in [0, 0.1) is 6.92 Å². The second-order valence-electron chi connectivity index (χ2n) is 9.79. The van der Waals surface area contributed by atoms with E-state index in [-0.39, 0.29) is 30.4 Å². The number of nitrogens with zero attached hydrogens (tertiary/aromatic N) is 2. The van der Waals surface area contributed by atoms with Crippen LogP contribution in [-0.2, 0) is 9.53 Å². The van der Waals surface area contributed by atoms with Crippen molar-refractivity contribution in [2.75, 3.05) is 33.9 Å². The number of benzene rings is 2. The summed E-state index contributed by atoms with van der Waals surface area (Å²) in [7, 11) is 3.07. The van der Waals surface area contributed by atoms with Crippen LogP contribution in [0.25, 0.3) is 0 Å². The van der Waals surface area contributed by atoms with Gasteiger partial charge in [-0.15, -0.1) is 0 Å². The summed E-state index contributed by atoms with van der Waals surface area (Å²) in [6, 6.07) is 11.6. The van der Waals surface area contributed by atoms with Gasteiger partial charge in [-0.3, -0.25) is 19.3 Å². The number of ether oxygens (including phenoxy) is 3. The first-order valence-electron chi connectivity index (χ1n) is 12.6. The van der Waals surface area contributed by atoms with Gasteiger partial charge < -0.3 is 24.4 Å². The maximum atomic E-state index is 13.9. The molecule has 2 aromatic rings. The number of piperidine rings is 1. The number of nitrogens with one attached hydrogen (secondary N) is 1. The molecular weight excluding hydrogens is 474 g/mol. The van der Waals surface area contributed by atoms with E-state index in [1.807, 2.05) is 39.0 Å². The van der Waals surface area contributed by atoms with Gasteiger partial charge in [-0.25, -0.2) is 0 Å². The van der Waals surface area contributed by atoms with Gasteiger partial charge in [-0.2, -0.15) is 0 Å². The molecular formula is C28H35N3O6. The summed E-state index contributed by atoms with van der Waals surface area (Å²) in [5.41, 5.74) is 0.896. The third-order valence-electron chi connectivity index (χ3n) is 7.05. The van der Waals surface area contributed by atoms with Crippen molar-refractivity contribution in [3.63, 3.8) is 0 Å². The van der Waals surface area contributed by atoms with Gasteiger partial charge in [0.05, 0.1) is 20.8 Å². The van der Waals surface area contributed by atoms with Crippen LogP contribution in [0.1, 0.15) is 53.0 Å². The molecule has 2 fully saturated rings. The molecule has 1 atom stereocenters. The molecule has 9 heteroatoms. The highest BCUT2D eigenvalue weighted by molar-refractivity contribution is 5.99. The van der Waals surface area contributed by atoms with Gasteiger partial charge in [0.15, 0.2) is 11.5 Å². The molecule has 3 amide bonds. The Morgan fingerprint density at radius 2 is 1.68 bits per heavy atom. The van der Waals surface area contributed by atoms with E-state index in [0.717, 1.165) is 5.56 Å². The topological polar surface area (TPSA) is 97.4 Å². The number of methoxy groups -OCH3 is 2. The van der Waals surface area contributed by atoms with Crippen LogP contribution in [0.3, 0.4) is 0 Å². The molecule has 2 saturated heterocycles. The number of rotatable bonds is 6. The summed E-state index contributed by atoms with van der Waals surface area (Å²) in [6.07, 6.45) is 0.796. The van der Waals surface area contributed by atoms with Gasteiger partial charge in [0.25, 0.3) is 11.8 Å². The number of carbonyl (C=O) groups is 3. The first-order chi connectivity index (χ1) is 17.7. The van der Waals surface area contributed by atoms with Crippen LogP contribution in [0.15, 0.2) is 42.5 Å². The van der Waals surface area contributed by atoms with E-state index >= 15 is 0 Å². The first-order valence-corrected chi connectivity index (χ1v) is 12.6. The minimum absolute atomic E-state index is 0.0691. The number of hydrogen-bond acceptors (Lipinski definition) is 6. The highest BCUT2D eigenvalue weighted by atomic mass is 16.5. The van der Waals surface area contributed by atoms with Crippen LogP contribution in [0.5, 0.6) is 11.5 Å². The van der Waals surface area contributed by atoms with Crippen molar-refractivity contribution in [3.8, 4) is 11.5 Å². The Bertz CT molecular complexity index is 1170. The molecule has 1 N–H and O–H groups in total.